The monoisotopic (exact) mass is 330 g/mol. The van der Waals surface area contributed by atoms with Gasteiger partial charge in [-0.05, 0) is 31.7 Å². The lowest BCUT2D eigenvalue weighted by Crippen LogP contribution is -2.46. The van der Waals surface area contributed by atoms with Gasteiger partial charge in [0.05, 0.1) is 12.6 Å². The Hall–Kier alpha value is -1.68. The topological polar surface area (TPSA) is 58.2 Å². The Morgan fingerprint density at radius 3 is 2.29 bits per heavy atom. The predicted molar refractivity (Wildman–Crippen MR) is 96.9 cm³/mol. The highest BCUT2D eigenvalue weighted by molar-refractivity contribution is 5.88. The molecule has 2 rings (SSSR count). The smallest absolute Gasteiger partial charge is 0.234 e. The van der Waals surface area contributed by atoms with E-state index in [0.29, 0.717) is 19.0 Å². The lowest BCUT2D eigenvalue weighted by molar-refractivity contribution is -0.126. The lowest BCUT2D eigenvalue weighted by atomic mass is 9.97. The summed E-state index contributed by atoms with van der Waals surface area (Å²) < 4.78 is 0. The fourth-order valence-electron chi connectivity index (χ4n) is 3.29. The first-order valence-corrected chi connectivity index (χ1v) is 9.22. The Bertz CT molecular complexity index is 508. The second-order valence-electron chi connectivity index (χ2n) is 6.84. The van der Waals surface area contributed by atoms with E-state index in [2.05, 4.69) is 10.6 Å². The molecule has 0 unspecified atom stereocenters. The Labute approximate surface area is 145 Å². The summed E-state index contributed by atoms with van der Waals surface area (Å²) >= 11 is 0. The maximum absolute atomic E-state index is 12.2. The highest BCUT2D eigenvalue weighted by Gasteiger charge is 2.18. The molecule has 0 aliphatic heterocycles. The van der Waals surface area contributed by atoms with E-state index in [1.165, 1.54) is 39.0 Å². The van der Waals surface area contributed by atoms with Crippen LogP contribution in [0.4, 0.5) is 0 Å². The van der Waals surface area contributed by atoms with Gasteiger partial charge < -0.3 is 10.6 Å². The van der Waals surface area contributed by atoms with Crippen LogP contribution in [-0.4, -0.2) is 30.3 Å². The first kappa shape index (κ1) is 18.7. The minimum atomic E-state index is -0.445. The number of ketones is 1. The van der Waals surface area contributed by atoms with Crippen LogP contribution in [0.25, 0.3) is 0 Å². The van der Waals surface area contributed by atoms with Gasteiger partial charge in [-0.1, -0.05) is 62.4 Å². The Kier molecular flexibility index (Phi) is 7.96. The number of amides is 1. The number of hydrogen-bond donors (Lipinski definition) is 2. The van der Waals surface area contributed by atoms with Crippen molar-refractivity contribution >= 4 is 11.7 Å². The maximum Gasteiger partial charge on any atom is 0.234 e. The fourth-order valence-corrected chi connectivity index (χ4v) is 3.29. The van der Waals surface area contributed by atoms with Crippen molar-refractivity contribution in [1.29, 1.82) is 0 Å². The van der Waals surface area contributed by atoms with E-state index in [4.69, 9.17) is 0 Å². The Balaban J connectivity index is 1.78. The molecule has 1 aromatic rings. The quantitative estimate of drug-likeness (QED) is 0.808. The molecular formula is C20H30N2O2. The Morgan fingerprint density at radius 1 is 1.04 bits per heavy atom. The molecule has 24 heavy (non-hydrogen) atoms. The van der Waals surface area contributed by atoms with Crippen molar-refractivity contribution in [1.82, 2.24) is 10.6 Å². The molecule has 4 heteroatoms. The van der Waals surface area contributed by atoms with E-state index in [-0.39, 0.29) is 11.7 Å². The average molecular weight is 330 g/mol. The zero-order chi connectivity index (χ0) is 17.2. The third-order valence-corrected chi connectivity index (χ3v) is 4.77. The Morgan fingerprint density at radius 2 is 1.67 bits per heavy atom. The molecule has 1 amide bonds. The standard InChI is InChI=1S/C20H30N2O2/c1-16(23)19(14-17-10-6-5-7-11-17)22-20(24)15-21-18-12-8-3-2-4-9-13-18/h5-7,10-11,18-19,21H,2-4,8-9,12-15H2,1H3,(H,22,24)/t19-/m0/s1. The first-order valence-electron chi connectivity index (χ1n) is 9.22. The molecule has 1 aliphatic carbocycles. The van der Waals surface area contributed by atoms with Crippen molar-refractivity contribution < 1.29 is 9.59 Å². The van der Waals surface area contributed by atoms with Crippen molar-refractivity contribution in [3.8, 4) is 0 Å². The number of nitrogens with one attached hydrogen (secondary N) is 2. The van der Waals surface area contributed by atoms with Crippen LogP contribution in [0.1, 0.15) is 57.4 Å². The molecule has 0 heterocycles. The SMILES string of the molecule is CC(=O)[C@H](Cc1ccccc1)NC(=O)CNC1CCCCCCC1. The molecule has 1 fully saturated rings. The summed E-state index contributed by atoms with van der Waals surface area (Å²) in [5.74, 6) is -0.0913. The van der Waals surface area contributed by atoms with Crippen LogP contribution in [0, 0.1) is 0 Å². The van der Waals surface area contributed by atoms with E-state index in [1.54, 1.807) is 0 Å². The zero-order valence-electron chi connectivity index (χ0n) is 14.7. The van der Waals surface area contributed by atoms with Gasteiger partial charge in [-0.15, -0.1) is 0 Å². The van der Waals surface area contributed by atoms with E-state index in [0.717, 1.165) is 18.4 Å². The number of carbonyl (C=O) groups excluding carboxylic acids is 2. The number of hydrogen-bond acceptors (Lipinski definition) is 3. The predicted octanol–water partition coefficient (Wildman–Crippen LogP) is 3.01. The van der Waals surface area contributed by atoms with Gasteiger partial charge in [0, 0.05) is 6.04 Å². The van der Waals surface area contributed by atoms with Crippen molar-refractivity contribution in [2.45, 2.75) is 70.4 Å². The zero-order valence-corrected chi connectivity index (χ0v) is 14.7. The van der Waals surface area contributed by atoms with Crippen LogP contribution >= 0.6 is 0 Å². The van der Waals surface area contributed by atoms with Crippen molar-refractivity contribution in [2.24, 2.45) is 0 Å². The molecule has 1 aliphatic rings. The van der Waals surface area contributed by atoms with E-state index < -0.39 is 6.04 Å². The average Bonchev–Trinajstić information content (AvgIpc) is 2.54. The van der Waals surface area contributed by atoms with Gasteiger partial charge in [0.2, 0.25) is 5.91 Å². The van der Waals surface area contributed by atoms with Gasteiger partial charge in [0.1, 0.15) is 0 Å². The molecule has 1 atom stereocenters. The molecule has 1 aromatic carbocycles. The minimum Gasteiger partial charge on any atom is -0.345 e. The second kappa shape index (κ2) is 10.2. The van der Waals surface area contributed by atoms with Crippen LogP contribution in [0.3, 0.4) is 0 Å². The van der Waals surface area contributed by atoms with Crippen LogP contribution in [0.5, 0.6) is 0 Å². The second-order valence-corrected chi connectivity index (χ2v) is 6.84. The normalized spacial score (nSPS) is 17.5. The third-order valence-electron chi connectivity index (χ3n) is 4.77. The molecule has 0 saturated heterocycles. The molecule has 4 nitrogen and oxygen atoms in total. The molecule has 0 bridgehead atoms. The molecule has 0 radical (unpaired) electrons. The van der Waals surface area contributed by atoms with Crippen LogP contribution in [0.15, 0.2) is 30.3 Å². The summed E-state index contributed by atoms with van der Waals surface area (Å²) in [5.41, 5.74) is 1.06. The van der Waals surface area contributed by atoms with Crippen LogP contribution in [-0.2, 0) is 16.0 Å². The van der Waals surface area contributed by atoms with E-state index in [9.17, 15) is 9.59 Å². The van der Waals surface area contributed by atoms with Crippen molar-refractivity contribution in [3.63, 3.8) is 0 Å². The number of carbonyl (C=O) groups is 2. The van der Waals surface area contributed by atoms with Crippen LogP contribution in [0.2, 0.25) is 0 Å². The molecule has 2 N–H and O–H groups in total. The first-order chi connectivity index (χ1) is 11.6. The highest BCUT2D eigenvalue weighted by Crippen LogP contribution is 2.16. The van der Waals surface area contributed by atoms with Gasteiger partial charge in [-0.3, -0.25) is 9.59 Å². The summed E-state index contributed by atoms with van der Waals surface area (Å²) in [5, 5.41) is 6.26. The minimum absolute atomic E-state index is 0.00171. The van der Waals surface area contributed by atoms with Crippen molar-refractivity contribution in [3.05, 3.63) is 35.9 Å². The third kappa shape index (κ3) is 6.83. The summed E-state index contributed by atoms with van der Waals surface area (Å²) in [4.78, 5) is 24.1. The number of benzene rings is 1. The molecule has 1 saturated carbocycles. The van der Waals surface area contributed by atoms with Gasteiger partial charge >= 0.3 is 0 Å². The summed E-state index contributed by atoms with van der Waals surface area (Å²) in [7, 11) is 0. The number of Topliss-reactive ketones (excluding diaryl/α,β-unsaturated/α-hetero) is 1. The highest BCUT2D eigenvalue weighted by atomic mass is 16.2. The molecule has 0 aromatic heterocycles. The molecular weight excluding hydrogens is 300 g/mol. The summed E-state index contributed by atoms with van der Waals surface area (Å²) in [6, 6.07) is 9.79. The van der Waals surface area contributed by atoms with Gasteiger partial charge in [0.15, 0.2) is 5.78 Å². The van der Waals surface area contributed by atoms with Gasteiger partial charge in [-0.25, -0.2) is 0 Å². The summed E-state index contributed by atoms with van der Waals surface area (Å²) in [6.07, 6.45) is 9.26. The van der Waals surface area contributed by atoms with Crippen LogP contribution < -0.4 is 10.6 Å². The van der Waals surface area contributed by atoms with Gasteiger partial charge in [-0.2, -0.15) is 0 Å². The van der Waals surface area contributed by atoms with Crippen molar-refractivity contribution in [2.75, 3.05) is 6.54 Å². The fraction of sp³-hybridized carbons (Fsp3) is 0.600. The largest absolute Gasteiger partial charge is 0.345 e. The molecule has 132 valence electrons. The van der Waals surface area contributed by atoms with Gasteiger partial charge in [0.25, 0.3) is 0 Å². The van der Waals surface area contributed by atoms with E-state index >= 15 is 0 Å². The maximum atomic E-state index is 12.2. The molecule has 0 spiro atoms. The lowest BCUT2D eigenvalue weighted by Gasteiger charge is -2.22. The number of rotatable bonds is 7. The van der Waals surface area contributed by atoms with E-state index in [1.807, 2.05) is 30.3 Å². The summed E-state index contributed by atoms with van der Waals surface area (Å²) in [6.45, 7) is 1.83.